The van der Waals surface area contributed by atoms with Gasteiger partial charge in [-0.3, -0.25) is 0 Å². The van der Waals surface area contributed by atoms with Crippen molar-refractivity contribution >= 4 is 5.97 Å². The molecule has 1 aromatic carbocycles. The number of nitriles is 1. The molecule has 3 N–H and O–H groups in total. The van der Waals surface area contributed by atoms with Crippen LogP contribution in [0.3, 0.4) is 0 Å². The van der Waals surface area contributed by atoms with Gasteiger partial charge in [-0.25, -0.2) is 4.79 Å². The number of aliphatic hydroxyl groups excluding tert-OH is 2. The predicted molar refractivity (Wildman–Crippen MR) is 58.9 cm³/mol. The summed E-state index contributed by atoms with van der Waals surface area (Å²) >= 11 is 0. The van der Waals surface area contributed by atoms with Gasteiger partial charge in [-0.15, -0.1) is 0 Å². The number of hydrogen-bond acceptors (Lipinski definition) is 4. The van der Waals surface area contributed by atoms with Crippen LogP contribution >= 0.6 is 0 Å². The molecule has 1 unspecified atom stereocenters. The Balaban J connectivity index is 3.04. The van der Waals surface area contributed by atoms with Crippen molar-refractivity contribution < 1.29 is 20.1 Å². The number of rotatable bonds is 5. The lowest BCUT2D eigenvalue weighted by molar-refractivity contribution is -0.146. The second kappa shape index (κ2) is 5.99. The zero-order chi connectivity index (χ0) is 12.8. The van der Waals surface area contributed by atoms with E-state index in [0.29, 0.717) is 17.5 Å². The number of aryl methyl sites for hydroxylation is 1. The molecule has 0 spiro atoms. The summed E-state index contributed by atoms with van der Waals surface area (Å²) in [6.45, 7) is -0.176. The van der Waals surface area contributed by atoms with Crippen LogP contribution in [0.2, 0.25) is 0 Å². The van der Waals surface area contributed by atoms with Crippen LogP contribution in [0.1, 0.15) is 29.2 Å². The molecule has 17 heavy (non-hydrogen) atoms. The van der Waals surface area contributed by atoms with Crippen molar-refractivity contribution in [3.8, 4) is 6.07 Å². The SMILES string of the molecule is N#CCCc1cc(C(O)C(=O)O)ccc1CO. The van der Waals surface area contributed by atoms with Gasteiger partial charge in [0.25, 0.3) is 0 Å². The summed E-state index contributed by atoms with van der Waals surface area (Å²) in [4.78, 5) is 10.6. The van der Waals surface area contributed by atoms with Gasteiger partial charge >= 0.3 is 5.97 Å². The Labute approximate surface area is 98.6 Å². The zero-order valence-corrected chi connectivity index (χ0v) is 9.13. The average Bonchev–Trinajstić information content (AvgIpc) is 2.34. The van der Waals surface area contributed by atoms with Crippen molar-refractivity contribution in [3.05, 3.63) is 34.9 Å². The summed E-state index contributed by atoms with van der Waals surface area (Å²) in [5.74, 6) is -1.33. The standard InChI is InChI=1S/C12H13NO4/c13-5-1-2-8-6-9(11(15)12(16)17)3-4-10(8)7-14/h3-4,6,11,14-15H,1-2,7H2,(H,16,17). The first kappa shape index (κ1) is 13.2. The molecule has 0 saturated carbocycles. The molecule has 0 bridgehead atoms. The smallest absolute Gasteiger partial charge is 0.337 e. The molecule has 0 aliphatic rings. The van der Waals surface area contributed by atoms with E-state index in [1.165, 1.54) is 12.1 Å². The van der Waals surface area contributed by atoms with Gasteiger partial charge in [0.2, 0.25) is 0 Å². The Morgan fingerprint density at radius 3 is 2.65 bits per heavy atom. The molecule has 5 nitrogen and oxygen atoms in total. The molecule has 0 saturated heterocycles. The highest BCUT2D eigenvalue weighted by molar-refractivity contribution is 5.74. The summed E-state index contributed by atoms with van der Waals surface area (Å²) in [5, 5.41) is 35.7. The largest absolute Gasteiger partial charge is 0.479 e. The van der Waals surface area contributed by atoms with Gasteiger partial charge in [0, 0.05) is 6.42 Å². The molecule has 0 fully saturated rings. The van der Waals surface area contributed by atoms with Crippen molar-refractivity contribution in [2.45, 2.75) is 25.6 Å². The number of nitrogens with zero attached hydrogens (tertiary/aromatic N) is 1. The van der Waals surface area contributed by atoms with Crippen molar-refractivity contribution in [2.24, 2.45) is 0 Å². The Hall–Kier alpha value is -1.90. The first-order valence-corrected chi connectivity index (χ1v) is 5.10. The second-order valence-corrected chi connectivity index (χ2v) is 3.59. The van der Waals surface area contributed by atoms with E-state index in [0.717, 1.165) is 0 Å². The number of benzene rings is 1. The summed E-state index contributed by atoms with van der Waals surface area (Å²) in [6, 6.07) is 6.52. The third kappa shape index (κ3) is 3.28. The number of carboxylic acid groups (broad SMARTS) is 1. The molecule has 0 heterocycles. The van der Waals surface area contributed by atoms with E-state index >= 15 is 0 Å². The third-order valence-corrected chi connectivity index (χ3v) is 2.46. The topological polar surface area (TPSA) is 102 Å². The minimum Gasteiger partial charge on any atom is -0.479 e. The lowest BCUT2D eigenvalue weighted by Crippen LogP contribution is -2.11. The molecular formula is C12H13NO4. The predicted octanol–water partition coefficient (Wildman–Crippen LogP) is 0.753. The summed E-state index contributed by atoms with van der Waals surface area (Å²) < 4.78 is 0. The minimum absolute atomic E-state index is 0.176. The van der Waals surface area contributed by atoms with E-state index < -0.39 is 12.1 Å². The Kier molecular flexibility index (Phi) is 4.64. The average molecular weight is 235 g/mol. The van der Waals surface area contributed by atoms with E-state index in [9.17, 15) is 9.90 Å². The summed E-state index contributed by atoms with van der Waals surface area (Å²) in [7, 11) is 0. The molecular weight excluding hydrogens is 222 g/mol. The lowest BCUT2D eigenvalue weighted by atomic mass is 9.98. The van der Waals surface area contributed by atoms with Gasteiger partial charge < -0.3 is 15.3 Å². The molecule has 0 aliphatic carbocycles. The fourth-order valence-electron chi connectivity index (χ4n) is 1.54. The van der Waals surface area contributed by atoms with Gasteiger partial charge in [-0.1, -0.05) is 18.2 Å². The van der Waals surface area contributed by atoms with Crippen LogP contribution in [0.4, 0.5) is 0 Å². The van der Waals surface area contributed by atoms with Crippen LogP contribution in [0.25, 0.3) is 0 Å². The maximum Gasteiger partial charge on any atom is 0.337 e. The van der Waals surface area contributed by atoms with Crippen LogP contribution in [-0.2, 0) is 17.8 Å². The van der Waals surface area contributed by atoms with Gasteiger partial charge in [0.1, 0.15) is 0 Å². The monoisotopic (exact) mass is 235 g/mol. The Morgan fingerprint density at radius 2 is 2.12 bits per heavy atom. The summed E-state index contributed by atoms with van der Waals surface area (Å²) in [6.07, 6.45) is -0.879. The first-order chi connectivity index (χ1) is 8.10. The number of hydrogen-bond donors (Lipinski definition) is 3. The minimum atomic E-state index is -1.58. The first-order valence-electron chi connectivity index (χ1n) is 5.10. The zero-order valence-electron chi connectivity index (χ0n) is 9.13. The number of aliphatic hydroxyl groups is 2. The number of carbonyl (C=O) groups is 1. The highest BCUT2D eigenvalue weighted by Crippen LogP contribution is 2.19. The van der Waals surface area contributed by atoms with Crippen molar-refractivity contribution in [1.82, 2.24) is 0 Å². The third-order valence-electron chi connectivity index (χ3n) is 2.46. The molecule has 0 amide bonds. The molecule has 0 aliphatic heterocycles. The Morgan fingerprint density at radius 1 is 1.41 bits per heavy atom. The molecule has 1 aromatic rings. The molecule has 5 heteroatoms. The van der Waals surface area contributed by atoms with Crippen molar-refractivity contribution in [3.63, 3.8) is 0 Å². The molecule has 1 rings (SSSR count). The van der Waals surface area contributed by atoms with E-state index in [1.807, 2.05) is 6.07 Å². The normalized spacial score (nSPS) is 11.8. The highest BCUT2D eigenvalue weighted by atomic mass is 16.4. The highest BCUT2D eigenvalue weighted by Gasteiger charge is 2.16. The Bertz CT molecular complexity index is 450. The van der Waals surface area contributed by atoms with Crippen LogP contribution in [0.15, 0.2) is 18.2 Å². The molecule has 0 aromatic heterocycles. The number of carboxylic acids is 1. The van der Waals surface area contributed by atoms with Crippen LogP contribution in [-0.4, -0.2) is 21.3 Å². The van der Waals surface area contributed by atoms with Gasteiger partial charge in [0.05, 0.1) is 12.7 Å². The van der Waals surface area contributed by atoms with E-state index in [4.69, 9.17) is 15.5 Å². The van der Waals surface area contributed by atoms with Crippen LogP contribution in [0.5, 0.6) is 0 Å². The molecule has 90 valence electrons. The number of aliphatic carboxylic acids is 1. The lowest BCUT2D eigenvalue weighted by Gasteiger charge is -2.11. The quantitative estimate of drug-likeness (QED) is 0.699. The fourth-order valence-corrected chi connectivity index (χ4v) is 1.54. The van der Waals surface area contributed by atoms with E-state index in [1.54, 1.807) is 6.07 Å². The second-order valence-electron chi connectivity index (χ2n) is 3.59. The molecule has 1 atom stereocenters. The maximum absolute atomic E-state index is 10.6. The summed E-state index contributed by atoms with van der Waals surface area (Å²) in [5.41, 5.74) is 1.58. The van der Waals surface area contributed by atoms with Crippen molar-refractivity contribution in [1.29, 1.82) is 5.26 Å². The van der Waals surface area contributed by atoms with Crippen LogP contribution in [0, 0.1) is 11.3 Å². The fraction of sp³-hybridized carbons (Fsp3) is 0.333. The van der Waals surface area contributed by atoms with E-state index in [2.05, 4.69) is 0 Å². The maximum atomic E-state index is 10.6. The van der Waals surface area contributed by atoms with Gasteiger partial charge in [-0.2, -0.15) is 5.26 Å². The van der Waals surface area contributed by atoms with Gasteiger partial charge in [-0.05, 0) is 23.1 Å². The van der Waals surface area contributed by atoms with Crippen LogP contribution < -0.4 is 0 Å². The van der Waals surface area contributed by atoms with Gasteiger partial charge in [0.15, 0.2) is 6.10 Å². The van der Waals surface area contributed by atoms with Crippen molar-refractivity contribution in [2.75, 3.05) is 0 Å². The molecule has 0 radical (unpaired) electrons. The van der Waals surface area contributed by atoms with E-state index in [-0.39, 0.29) is 18.6 Å².